The molecule has 2 N–H and O–H groups in total. The highest BCUT2D eigenvalue weighted by molar-refractivity contribution is 5.92. The van der Waals surface area contributed by atoms with Crippen LogP contribution in [0, 0.1) is 12.8 Å². The number of carbonyl (C=O) groups excluding carboxylic acids is 1. The van der Waals surface area contributed by atoms with Crippen molar-refractivity contribution in [3.8, 4) is 11.6 Å². The van der Waals surface area contributed by atoms with Gasteiger partial charge in [-0.1, -0.05) is 0 Å². The molecule has 0 spiro atoms. The number of hydrogen-bond donors (Lipinski definition) is 2. The molecule has 1 aliphatic heterocycles. The molecule has 3 rings (SSSR count). The molecule has 128 valence electrons. The van der Waals surface area contributed by atoms with Crippen LogP contribution < -0.4 is 15.4 Å². The Morgan fingerprint density at radius 2 is 2.25 bits per heavy atom. The van der Waals surface area contributed by atoms with E-state index >= 15 is 0 Å². The maximum atomic E-state index is 12.4. The molecule has 0 unspecified atom stereocenters. The fourth-order valence-electron chi connectivity index (χ4n) is 2.96. The summed E-state index contributed by atoms with van der Waals surface area (Å²) in [6.45, 7) is 3.83. The van der Waals surface area contributed by atoms with Gasteiger partial charge in [-0.25, -0.2) is 4.68 Å². The molecule has 1 fully saturated rings. The molecule has 2 aromatic rings. The summed E-state index contributed by atoms with van der Waals surface area (Å²) in [5.74, 6) is 1.56. The number of aromatic nitrogens is 3. The van der Waals surface area contributed by atoms with Gasteiger partial charge in [0.25, 0.3) is 0 Å². The lowest BCUT2D eigenvalue weighted by Crippen LogP contribution is -2.30. The van der Waals surface area contributed by atoms with Crippen molar-refractivity contribution in [2.45, 2.75) is 26.2 Å². The summed E-state index contributed by atoms with van der Waals surface area (Å²) in [5, 5.41) is 10.6. The Morgan fingerprint density at radius 1 is 1.46 bits per heavy atom. The number of nitrogens with one attached hydrogen (secondary N) is 2. The van der Waals surface area contributed by atoms with E-state index in [2.05, 4.69) is 20.7 Å². The number of nitrogens with zero attached hydrogens (tertiary/aromatic N) is 3. The average Bonchev–Trinajstić information content (AvgIpc) is 2.84. The van der Waals surface area contributed by atoms with Crippen LogP contribution in [0.2, 0.25) is 0 Å². The molecule has 0 saturated carbocycles. The zero-order chi connectivity index (χ0) is 16.9. The van der Waals surface area contributed by atoms with Crippen molar-refractivity contribution in [2.24, 2.45) is 13.0 Å². The first-order valence-corrected chi connectivity index (χ1v) is 8.25. The van der Waals surface area contributed by atoms with Crippen LogP contribution in [0.4, 0.5) is 5.69 Å². The van der Waals surface area contributed by atoms with Gasteiger partial charge >= 0.3 is 0 Å². The minimum atomic E-state index is 0.00837. The first kappa shape index (κ1) is 16.4. The second kappa shape index (κ2) is 7.44. The summed E-state index contributed by atoms with van der Waals surface area (Å²) in [6.07, 6.45) is 5.92. The number of ether oxygens (including phenoxy) is 1. The van der Waals surface area contributed by atoms with Crippen molar-refractivity contribution < 1.29 is 9.53 Å². The van der Waals surface area contributed by atoms with Crippen LogP contribution in [0.15, 0.2) is 24.5 Å². The summed E-state index contributed by atoms with van der Waals surface area (Å²) in [6, 6.07) is 3.61. The van der Waals surface area contributed by atoms with E-state index in [0.717, 1.165) is 31.6 Å². The Morgan fingerprint density at radius 3 is 2.96 bits per heavy atom. The van der Waals surface area contributed by atoms with Gasteiger partial charge in [0.1, 0.15) is 11.4 Å². The van der Waals surface area contributed by atoms with Crippen LogP contribution in [-0.2, 0) is 11.8 Å². The lowest BCUT2D eigenvalue weighted by molar-refractivity contribution is -0.117. The maximum Gasteiger partial charge on any atom is 0.241 e. The van der Waals surface area contributed by atoms with E-state index in [1.807, 2.05) is 13.0 Å². The van der Waals surface area contributed by atoms with E-state index in [4.69, 9.17) is 4.74 Å². The normalized spacial score (nSPS) is 15.2. The molecule has 1 aliphatic rings. The maximum absolute atomic E-state index is 12.4. The van der Waals surface area contributed by atoms with Crippen LogP contribution in [0.3, 0.4) is 0 Å². The van der Waals surface area contributed by atoms with E-state index < -0.39 is 0 Å². The van der Waals surface area contributed by atoms with Gasteiger partial charge in [-0.2, -0.15) is 5.10 Å². The van der Waals surface area contributed by atoms with E-state index in [0.29, 0.717) is 29.7 Å². The minimum absolute atomic E-state index is 0.00837. The Hall–Kier alpha value is -2.41. The van der Waals surface area contributed by atoms with Crippen LogP contribution in [0.5, 0.6) is 11.6 Å². The number of carbonyl (C=O) groups is 1. The van der Waals surface area contributed by atoms with Crippen molar-refractivity contribution in [2.75, 3.05) is 18.4 Å². The van der Waals surface area contributed by atoms with Crippen LogP contribution >= 0.6 is 0 Å². The second-order valence-electron chi connectivity index (χ2n) is 6.13. The Balaban J connectivity index is 1.71. The van der Waals surface area contributed by atoms with Gasteiger partial charge in [-0.15, -0.1) is 0 Å². The van der Waals surface area contributed by atoms with Gasteiger partial charge in [0, 0.05) is 19.7 Å². The Kier molecular flexibility index (Phi) is 5.10. The number of pyridine rings is 1. The SMILES string of the molecule is Cc1nn(C)c(Oc2cccnc2)c1NC(=O)CC1CCNCC1. The van der Waals surface area contributed by atoms with Gasteiger partial charge in [0.05, 0.1) is 11.9 Å². The van der Waals surface area contributed by atoms with Crippen molar-refractivity contribution in [1.29, 1.82) is 0 Å². The number of anilines is 1. The zero-order valence-electron chi connectivity index (χ0n) is 14.1. The van der Waals surface area contributed by atoms with E-state index in [9.17, 15) is 4.79 Å². The number of amides is 1. The molecule has 7 heteroatoms. The largest absolute Gasteiger partial charge is 0.436 e. The van der Waals surface area contributed by atoms with Crippen LogP contribution in [0.25, 0.3) is 0 Å². The molecular weight excluding hydrogens is 306 g/mol. The number of hydrogen-bond acceptors (Lipinski definition) is 5. The third kappa shape index (κ3) is 3.91. The molecular formula is C17H23N5O2. The highest BCUT2D eigenvalue weighted by Gasteiger charge is 2.21. The average molecular weight is 329 g/mol. The monoisotopic (exact) mass is 329 g/mol. The fourth-order valence-corrected chi connectivity index (χ4v) is 2.96. The molecule has 0 bridgehead atoms. The summed E-state index contributed by atoms with van der Waals surface area (Å²) < 4.78 is 7.49. The zero-order valence-corrected chi connectivity index (χ0v) is 14.1. The lowest BCUT2D eigenvalue weighted by atomic mass is 9.94. The van der Waals surface area contributed by atoms with Gasteiger partial charge < -0.3 is 15.4 Å². The molecule has 0 radical (unpaired) electrons. The second-order valence-corrected chi connectivity index (χ2v) is 6.13. The highest BCUT2D eigenvalue weighted by atomic mass is 16.5. The lowest BCUT2D eigenvalue weighted by Gasteiger charge is -2.22. The molecule has 0 aliphatic carbocycles. The number of aryl methyl sites for hydroxylation is 2. The molecule has 0 aromatic carbocycles. The predicted octanol–water partition coefficient (Wildman–Crippen LogP) is 2.24. The predicted molar refractivity (Wildman–Crippen MR) is 91.1 cm³/mol. The van der Waals surface area contributed by atoms with Crippen molar-refractivity contribution in [3.05, 3.63) is 30.2 Å². The van der Waals surface area contributed by atoms with E-state index in [1.54, 1.807) is 30.2 Å². The first-order valence-electron chi connectivity index (χ1n) is 8.25. The Labute approximate surface area is 141 Å². The smallest absolute Gasteiger partial charge is 0.241 e. The van der Waals surface area contributed by atoms with E-state index in [1.165, 1.54) is 0 Å². The fraction of sp³-hybridized carbons (Fsp3) is 0.471. The third-order valence-corrected chi connectivity index (χ3v) is 4.22. The van der Waals surface area contributed by atoms with Crippen molar-refractivity contribution in [3.63, 3.8) is 0 Å². The standard InChI is InChI=1S/C17H23N5O2/c1-12-16(20-15(23)10-13-5-8-18-9-6-13)17(22(2)21-12)24-14-4-3-7-19-11-14/h3-4,7,11,13,18H,5-6,8-10H2,1-2H3,(H,20,23). The molecule has 2 aromatic heterocycles. The Bertz CT molecular complexity index is 693. The molecule has 1 saturated heterocycles. The highest BCUT2D eigenvalue weighted by Crippen LogP contribution is 2.32. The van der Waals surface area contributed by atoms with Gasteiger partial charge in [-0.05, 0) is 50.9 Å². The summed E-state index contributed by atoms with van der Waals surface area (Å²) >= 11 is 0. The minimum Gasteiger partial charge on any atom is -0.436 e. The molecule has 24 heavy (non-hydrogen) atoms. The summed E-state index contributed by atoms with van der Waals surface area (Å²) in [7, 11) is 1.79. The van der Waals surface area contributed by atoms with Gasteiger partial charge in [-0.3, -0.25) is 9.78 Å². The summed E-state index contributed by atoms with van der Waals surface area (Å²) in [4.78, 5) is 16.4. The molecule has 3 heterocycles. The number of piperidine rings is 1. The van der Waals surface area contributed by atoms with Crippen molar-refractivity contribution >= 4 is 11.6 Å². The molecule has 0 atom stereocenters. The third-order valence-electron chi connectivity index (χ3n) is 4.22. The van der Waals surface area contributed by atoms with Crippen molar-refractivity contribution in [1.82, 2.24) is 20.1 Å². The first-order chi connectivity index (χ1) is 11.6. The van der Waals surface area contributed by atoms with Gasteiger partial charge in [0.15, 0.2) is 0 Å². The van der Waals surface area contributed by atoms with E-state index in [-0.39, 0.29) is 5.91 Å². The van der Waals surface area contributed by atoms with Crippen LogP contribution in [0.1, 0.15) is 25.0 Å². The molecule has 1 amide bonds. The molecule has 7 nitrogen and oxygen atoms in total. The quantitative estimate of drug-likeness (QED) is 0.879. The van der Waals surface area contributed by atoms with Gasteiger partial charge in [0.2, 0.25) is 11.8 Å². The van der Waals surface area contributed by atoms with Crippen LogP contribution in [-0.4, -0.2) is 33.8 Å². The number of rotatable bonds is 5. The topological polar surface area (TPSA) is 81.1 Å². The summed E-state index contributed by atoms with van der Waals surface area (Å²) in [5.41, 5.74) is 1.36.